The second-order valence-electron chi connectivity index (χ2n) is 5.58. The number of hydrogen-bond acceptors (Lipinski definition) is 4. The van der Waals surface area contributed by atoms with Crippen molar-refractivity contribution >= 4 is 37.3 Å². The van der Waals surface area contributed by atoms with Crippen molar-refractivity contribution in [1.82, 2.24) is 4.98 Å². The number of primary sulfonamides is 1. The van der Waals surface area contributed by atoms with Gasteiger partial charge in [-0.25, -0.2) is 18.5 Å². The standard InChI is InChI=1S/C15H17BrN2O2S2.C2H6/c16-11-6-7-12(14(8-11)22(17,19)20)13-9-18-15(21-13)10-4-2-1-3-5-10;1-2/h6-10H,1-5H2,(H2,17,19,20);1-2H3. The normalized spacial score (nSPS) is 15.7. The highest BCUT2D eigenvalue weighted by Crippen LogP contribution is 2.39. The van der Waals surface area contributed by atoms with Crippen molar-refractivity contribution in [2.45, 2.75) is 56.8 Å². The van der Waals surface area contributed by atoms with Crippen LogP contribution in [0, 0.1) is 0 Å². The van der Waals surface area contributed by atoms with Crippen molar-refractivity contribution in [1.29, 1.82) is 0 Å². The Hall–Kier alpha value is -0.760. The Balaban J connectivity index is 0.00000100. The Bertz CT molecular complexity index is 782. The number of hydrogen-bond donors (Lipinski definition) is 1. The molecule has 0 atom stereocenters. The van der Waals surface area contributed by atoms with Crippen molar-refractivity contribution in [3.63, 3.8) is 0 Å². The third-order valence-corrected chi connectivity index (χ3v) is 6.63. The Morgan fingerprint density at radius 1 is 1.21 bits per heavy atom. The number of nitrogens with zero attached hydrogens (tertiary/aromatic N) is 1. The molecule has 1 aromatic carbocycles. The van der Waals surface area contributed by atoms with Crippen molar-refractivity contribution in [2.24, 2.45) is 5.14 Å². The van der Waals surface area contributed by atoms with E-state index in [-0.39, 0.29) is 4.90 Å². The summed E-state index contributed by atoms with van der Waals surface area (Å²) in [6.45, 7) is 4.00. The molecule has 2 aromatic rings. The Labute approximate surface area is 156 Å². The van der Waals surface area contributed by atoms with Crippen LogP contribution >= 0.6 is 27.3 Å². The molecule has 7 heteroatoms. The van der Waals surface area contributed by atoms with Gasteiger partial charge in [-0.3, -0.25) is 0 Å². The number of halogens is 1. The lowest BCUT2D eigenvalue weighted by Gasteiger charge is -2.18. The molecule has 0 bridgehead atoms. The minimum atomic E-state index is -3.77. The van der Waals surface area contributed by atoms with Crippen molar-refractivity contribution < 1.29 is 8.42 Å². The van der Waals surface area contributed by atoms with Gasteiger partial charge in [-0.15, -0.1) is 11.3 Å². The third-order valence-electron chi connectivity index (χ3n) is 3.99. The smallest absolute Gasteiger partial charge is 0.238 e. The average Bonchev–Trinajstić information content (AvgIpc) is 3.06. The zero-order valence-corrected chi connectivity index (χ0v) is 17.2. The van der Waals surface area contributed by atoms with Gasteiger partial charge in [-0.05, 0) is 25.0 Å². The zero-order valence-electron chi connectivity index (χ0n) is 14.0. The van der Waals surface area contributed by atoms with Gasteiger partial charge in [-0.1, -0.05) is 55.1 Å². The number of aromatic nitrogens is 1. The molecule has 132 valence electrons. The van der Waals surface area contributed by atoms with Crippen LogP contribution in [0.3, 0.4) is 0 Å². The van der Waals surface area contributed by atoms with Gasteiger partial charge in [0.25, 0.3) is 0 Å². The number of benzene rings is 1. The number of sulfonamides is 1. The van der Waals surface area contributed by atoms with E-state index in [0.29, 0.717) is 16.0 Å². The zero-order chi connectivity index (χ0) is 17.7. The maximum Gasteiger partial charge on any atom is 0.238 e. The lowest BCUT2D eigenvalue weighted by atomic mass is 9.90. The van der Waals surface area contributed by atoms with Gasteiger partial charge in [0.1, 0.15) is 0 Å². The lowest BCUT2D eigenvalue weighted by molar-refractivity contribution is 0.442. The van der Waals surface area contributed by atoms with Crippen molar-refractivity contribution in [3.05, 3.63) is 33.9 Å². The molecule has 0 amide bonds. The number of nitrogens with two attached hydrogens (primary N) is 1. The molecule has 4 nitrogen and oxygen atoms in total. The molecule has 1 aliphatic rings. The molecule has 0 saturated heterocycles. The molecular weight excluding hydrogens is 408 g/mol. The van der Waals surface area contributed by atoms with E-state index in [0.717, 1.165) is 9.88 Å². The first-order valence-corrected chi connectivity index (χ1v) is 11.4. The molecule has 1 aliphatic carbocycles. The summed E-state index contributed by atoms with van der Waals surface area (Å²) in [5.74, 6) is 0.515. The highest BCUT2D eigenvalue weighted by molar-refractivity contribution is 9.10. The molecule has 0 unspecified atom stereocenters. The predicted molar refractivity (Wildman–Crippen MR) is 104 cm³/mol. The molecule has 0 radical (unpaired) electrons. The molecule has 0 aliphatic heterocycles. The van der Waals surface area contributed by atoms with E-state index in [1.807, 2.05) is 19.9 Å². The van der Waals surface area contributed by atoms with Crippen LogP contribution in [-0.2, 0) is 10.0 Å². The van der Waals surface area contributed by atoms with Gasteiger partial charge >= 0.3 is 0 Å². The van der Waals surface area contributed by atoms with Crippen molar-refractivity contribution in [3.8, 4) is 10.4 Å². The highest BCUT2D eigenvalue weighted by atomic mass is 79.9. The van der Waals surface area contributed by atoms with Crippen LogP contribution in [0.4, 0.5) is 0 Å². The molecule has 2 N–H and O–H groups in total. The van der Waals surface area contributed by atoms with Crippen molar-refractivity contribution in [2.75, 3.05) is 0 Å². The topological polar surface area (TPSA) is 73.1 Å². The molecule has 1 aromatic heterocycles. The van der Waals surface area contributed by atoms with Gasteiger partial charge in [0.15, 0.2) is 0 Å². The lowest BCUT2D eigenvalue weighted by Crippen LogP contribution is -2.13. The van der Waals surface area contributed by atoms with E-state index in [9.17, 15) is 8.42 Å². The van der Waals surface area contributed by atoms with Gasteiger partial charge < -0.3 is 0 Å². The van der Waals surface area contributed by atoms with Crippen LogP contribution < -0.4 is 5.14 Å². The fourth-order valence-electron chi connectivity index (χ4n) is 2.89. The number of rotatable bonds is 3. The molecule has 3 rings (SSSR count). The van der Waals surface area contributed by atoms with Crippen LogP contribution in [-0.4, -0.2) is 13.4 Å². The average molecular weight is 431 g/mol. The summed E-state index contributed by atoms with van der Waals surface area (Å²) < 4.78 is 24.3. The van der Waals surface area contributed by atoms with E-state index >= 15 is 0 Å². The molecular formula is C17H23BrN2O2S2. The first kappa shape index (κ1) is 19.6. The summed E-state index contributed by atoms with van der Waals surface area (Å²) in [5.41, 5.74) is 0.630. The summed E-state index contributed by atoms with van der Waals surface area (Å²) in [6.07, 6.45) is 7.93. The Morgan fingerprint density at radius 2 is 1.88 bits per heavy atom. The van der Waals surface area contributed by atoms with Crippen LogP contribution in [0.2, 0.25) is 0 Å². The minimum absolute atomic E-state index is 0.140. The summed E-state index contributed by atoms with van der Waals surface area (Å²) in [6, 6.07) is 5.15. The maximum absolute atomic E-state index is 11.8. The van der Waals surface area contributed by atoms with Gasteiger partial charge in [-0.2, -0.15) is 0 Å². The SMILES string of the molecule is CC.NS(=O)(=O)c1cc(Br)ccc1-c1cnc(C2CCCCC2)s1. The summed E-state index contributed by atoms with van der Waals surface area (Å²) >= 11 is 4.88. The molecule has 1 fully saturated rings. The summed E-state index contributed by atoms with van der Waals surface area (Å²) in [5, 5.41) is 6.46. The first-order chi connectivity index (χ1) is 11.4. The summed E-state index contributed by atoms with van der Waals surface area (Å²) in [4.78, 5) is 5.53. The van der Waals surface area contributed by atoms with Crippen LogP contribution in [0.1, 0.15) is 56.9 Å². The van der Waals surface area contributed by atoms with Gasteiger partial charge in [0.05, 0.1) is 14.8 Å². The van der Waals surface area contributed by atoms with Crippen LogP contribution in [0.5, 0.6) is 0 Å². The van der Waals surface area contributed by atoms with E-state index in [1.165, 1.54) is 32.1 Å². The number of thiazole rings is 1. The highest BCUT2D eigenvalue weighted by Gasteiger charge is 2.21. The van der Waals surface area contributed by atoms with Gasteiger partial charge in [0.2, 0.25) is 10.0 Å². The molecule has 1 saturated carbocycles. The quantitative estimate of drug-likeness (QED) is 0.717. The predicted octanol–water partition coefficient (Wildman–Crippen LogP) is 5.29. The second-order valence-corrected chi connectivity index (χ2v) is 9.09. The van der Waals surface area contributed by atoms with E-state index in [2.05, 4.69) is 20.9 Å². The Kier molecular flexibility index (Phi) is 6.98. The third kappa shape index (κ3) is 4.65. The maximum atomic E-state index is 11.8. The van der Waals surface area contributed by atoms with E-state index in [1.54, 1.807) is 29.7 Å². The van der Waals surface area contributed by atoms with Crippen LogP contribution in [0.25, 0.3) is 10.4 Å². The summed E-state index contributed by atoms with van der Waals surface area (Å²) in [7, 11) is -3.77. The fourth-order valence-corrected chi connectivity index (χ4v) is 5.36. The first-order valence-electron chi connectivity index (χ1n) is 8.23. The fraction of sp³-hybridized carbons (Fsp3) is 0.471. The van der Waals surface area contributed by atoms with E-state index in [4.69, 9.17) is 5.14 Å². The largest absolute Gasteiger partial charge is 0.249 e. The second kappa shape index (κ2) is 8.56. The minimum Gasteiger partial charge on any atom is -0.249 e. The molecule has 0 spiro atoms. The Morgan fingerprint density at radius 3 is 2.50 bits per heavy atom. The molecule has 24 heavy (non-hydrogen) atoms. The van der Waals surface area contributed by atoms with E-state index < -0.39 is 10.0 Å². The van der Waals surface area contributed by atoms with Gasteiger partial charge in [0, 0.05) is 22.2 Å². The van der Waals surface area contributed by atoms with Crippen LogP contribution in [0.15, 0.2) is 33.8 Å². The molecule has 1 heterocycles. The monoisotopic (exact) mass is 430 g/mol.